The molecule has 0 amide bonds. The van der Waals surface area contributed by atoms with E-state index < -0.39 is 5.56 Å². The van der Waals surface area contributed by atoms with Gasteiger partial charge < -0.3 is 22.3 Å². The van der Waals surface area contributed by atoms with E-state index in [0.717, 1.165) is 0 Å². The lowest BCUT2D eigenvalue weighted by atomic mass is 10.4. The summed E-state index contributed by atoms with van der Waals surface area (Å²) in [5, 5.41) is 8.49. The van der Waals surface area contributed by atoms with Crippen molar-refractivity contribution in [2.75, 3.05) is 19.0 Å². The van der Waals surface area contributed by atoms with Crippen LogP contribution in [0.2, 0.25) is 0 Å². The fourth-order valence-electron chi connectivity index (χ4n) is 0.800. The highest BCUT2D eigenvalue weighted by Crippen LogP contribution is 2.17. The average molecular weight is 202 g/mol. The number of diazo groups is 1. The largest absolute Gasteiger partial charge is 1.00 e. The Morgan fingerprint density at radius 2 is 2.23 bits per heavy atom. The van der Waals surface area contributed by atoms with E-state index in [1.165, 1.54) is 6.33 Å². The third-order valence-corrected chi connectivity index (χ3v) is 1.33. The lowest BCUT2D eigenvalue weighted by molar-refractivity contribution is -0.00000297. The number of aromatic amines is 1. The molecule has 0 bridgehead atoms. The number of halogens is 1. The van der Waals surface area contributed by atoms with Gasteiger partial charge >= 0.3 is 11.2 Å². The van der Waals surface area contributed by atoms with E-state index in [0.29, 0.717) is 5.82 Å². The maximum Gasteiger partial charge on any atom is 0.490 e. The Morgan fingerprint density at radius 3 is 2.62 bits per heavy atom. The quantitative estimate of drug-likeness (QED) is 0.503. The number of hydrogen-bond acceptors (Lipinski definition) is 4. The zero-order valence-electron chi connectivity index (χ0n) is 7.15. The van der Waals surface area contributed by atoms with Crippen LogP contribution < -0.4 is 22.9 Å². The SMILES string of the molecule is CN(C)c1nc[nH]c(=O)c1[N+]#N.[Cl-]. The molecule has 13 heavy (non-hydrogen) atoms. The molecule has 1 rings (SSSR count). The van der Waals surface area contributed by atoms with E-state index >= 15 is 0 Å². The second-order valence-corrected chi connectivity index (χ2v) is 2.40. The first kappa shape index (κ1) is 11.4. The van der Waals surface area contributed by atoms with E-state index in [1.54, 1.807) is 19.0 Å². The van der Waals surface area contributed by atoms with Crippen LogP contribution in [0.1, 0.15) is 0 Å². The highest BCUT2D eigenvalue weighted by atomic mass is 35.5. The first-order chi connectivity index (χ1) is 5.66. The number of nitrogens with zero attached hydrogens (tertiary/aromatic N) is 4. The van der Waals surface area contributed by atoms with Crippen LogP contribution in [-0.4, -0.2) is 24.1 Å². The van der Waals surface area contributed by atoms with E-state index in [9.17, 15) is 4.79 Å². The van der Waals surface area contributed by atoms with Gasteiger partial charge in [-0.25, -0.2) is 4.98 Å². The minimum absolute atomic E-state index is 0. The third kappa shape index (κ3) is 2.16. The zero-order valence-corrected chi connectivity index (χ0v) is 7.91. The minimum atomic E-state index is -0.462. The molecule has 0 unspecified atom stereocenters. The van der Waals surface area contributed by atoms with Crippen molar-refractivity contribution >= 4 is 11.5 Å². The molecule has 1 N–H and O–H groups in total. The first-order valence-corrected chi connectivity index (χ1v) is 3.27. The van der Waals surface area contributed by atoms with Crippen molar-refractivity contribution in [1.82, 2.24) is 9.97 Å². The van der Waals surface area contributed by atoms with Crippen molar-refractivity contribution in [2.45, 2.75) is 0 Å². The maximum absolute atomic E-state index is 11.0. The highest BCUT2D eigenvalue weighted by Gasteiger charge is 2.21. The average Bonchev–Trinajstić information content (AvgIpc) is 2.03. The molecule has 0 spiro atoms. The standard InChI is InChI=1S/C6H7N5O.ClH/c1-11(2)5-4(10-7)6(12)9-3-8-5;/h3H,1-2H3;1H. The van der Waals surface area contributed by atoms with Crippen molar-refractivity contribution in [2.24, 2.45) is 0 Å². The number of aromatic nitrogens is 2. The molecule has 1 heterocycles. The van der Waals surface area contributed by atoms with Gasteiger partial charge in [0.1, 0.15) is 0 Å². The van der Waals surface area contributed by atoms with E-state index in [-0.39, 0.29) is 18.1 Å². The number of rotatable bonds is 1. The van der Waals surface area contributed by atoms with Crippen LogP contribution in [0.4, 0.5) is 11.5 Å². The monoisotopic (exact) mass is 201 g/mol. The van der Waals surface area contributed by atoms with Crippen molar-refractivity contribution in [3.8, 4) is 0 Å². The second-order valence-electron chi connectivity index (χ2n) is 2.40. The van der Waals surface area contributed by atoms with Gasteiger partial charge in [0, 0.05) is 14.1 Å². The fourth-order valence-corrected chi connectivity index (χ4v) is 0.800. The zero-order chi connectivity index (χ0) is 9.14. The molecule has 0 atom stereocenters. The predicted molar refractivity (Wildman–Crippen MR) is 43.9 cm³/mol. The van der Waals surface area contributed by atoms with Gasteiger partial charge in [0.15, 0.2) is 4.98 Å². The van der Waals surface area contributed by atoms with Crippen LogP contribution in [0.25, 0.3) is 4.98 Å². The molecule has 0 aliphatic carbocycles. The predicted octanol–water partition coefficient (Wildman–Crippen LogP) is -2.68. The van der Waals surface area contributed by atoms with E-state index in [4.69, 9.17) is 5.39 Å². The van der Waals surface area contributed by atoms with Gasteiger partial charge in [-0.05, 0) is 0 Å². The van der Waals surface area contributed by atoms with Gasteiger partial charge in [-0.2, -0.15) is 0 Å². The van der Waals surface area contributed by atoms with Crippen LogP contribution in [-0.2, 0) is 0 Å². The molecular weight excluding hydrogens is 194 g/mol. The van der Waals surface area contributed by atoms with Gasteiger partial charge in [0.25, 0.3) is 0 Å². The van der Waals surface area contributed by atoms with Gasteiger partial charge in [-0.3, -0.25) is 4.79 Å². The lowest BCUT2D eigenvalue weighted by Crippen LogP contribution is -3.00. The highest BCUT2D eigenvalue weighted by molar-refractivity contribution is 5.63. The van der Waals surface area contributed by atoms with Gasteiger partial charge in [0.05, 0.1) is 6.33 Å². The maximum atomic E-state index is 11.0. The summed E-state index contributed by atoms with van der Waals surface area (Å²) in [6.07, 6.45) is 1.26. The Labute approximate surface area is 80.6 Å². The molecule has 0 aliphatic rings. The molecule has 0 radical (unpaired) electrons. The number of H-pyrrole nitrogens is 1. The Kier molecular flexibility index (Phi) is 3.88. The molecule has 1 aromatic rings. The Bertz CT molecular complexity index is 379. The van der Waals surface area contributed by atoms with Crippen molar-refractivity contribution < 1.29 is 12.4 Å². The van der Waals surface area contributed by atoms with Crippen molar-refractivity contribution in [3.63, 3.8) is 0 Å². The normalized spacial score (nSPS) is 8.38. The molecule has 0 saturated carbocycles. The topological polar surface area (TPSA) is 77.1 Å². The molecule has 0 aliphatic heterocycles. The number of hydrogen-bond donors (Lipinski definition) is 1. The summed E-state index contributed by atoms with van der Waals surface area (Å²) in [6, 6.07) is 0. The summed E-state index contributed by atoms with van der Waals surface area (Å²) in [5.74, 6) is 0.334. The van der Waals surface area contributed by atoms with Gasteiger partial charge in [-0.1, -0.05) is 0 Å². The number of nitrogens with one attached hydrogen (secondary N) is 1. The summed E-state index contributed by atoms with van der Waals surface area (Å²) in [6.45, 7) is 0. The van der Waals surface area contributed by atoms with Gasteiger partial charge in [0.2, 0.25) is 11.2 Å². The summed E-state index contributed by atoms with van der Waals surface area (Å²) in [7, 11) is 3.41. The van der Waals surface area contributed by atoms with Crippen LogP contribution >= 0.6 is 0 Å². The van der Waals surface area contributed by atoms with Crippen molar-refractivity contribution in [1.29, 1.82) is 5.39 Å². The molecule has 1 aromatic heterocycles. The van der Waals surface area contributed by atoms with Crippen LogP contribution in [0.5, 0.6) is 0 Å². The summed E-state index contributed by atoms with van der Waals surface area (Å²) >= 11 is 0. The lowest BCUT2D eigenvalue weighted by Gasteiger charge is -2.05. The Morgan fingerprint density at radius 1 is 1.62 bits per heavy atom. The Balaban J connectivity index is 0.00000144. The molecule has 7 heteroatoms. The molecule has 0 saturated heterocycles. The van der Waals surface area contributed by atoms with Crippen LogP contribution in [0.3, 0.4) is 0 Å². The summed E-state index contributed by atoms with van der Waals surface area (Å²) < 4.78 is 0. The fraction of sp³-hybridized carbons (Fsp3) is 0.333. The number of anilines is 1. The molecule has 0 fully saturated rings. The summed E-state index contributed by atoms with van der Waals surface area (Å²) in [4.78, 5) is 21.6. The second kappa shape index (κ2) is 4.42. The summed E-state index contributed by atoms with van der Waals surface area (Å²) in [5.41, 5.74) is -0.543. The van der Waals surface area contributed by atoms with Gasteiger partial charge in [-0.15, -0.1) is 0 Å². The Hall–Kier alpha value is -1.61. The molecule has 70 valence electrons. The van der Waals surface area contributed by atoms with Crippen LogP contribution in [0, 0.1) is 5.39 Å². The minimum Gasteiger partial charge on any atom is -1.00 e. The smallest absolute Gasteiger partial charge is 0.490 e. The molecular formula is C6H8ClN5O. The van der Waals surface area contributed by atoms with Crippen LogP contribution in [0.15, 0.2) is 11.1 Å². The molecule has 0 aromatic carbocycles. The molecule has 6 nitrogen and oxygen atoms in total. The van der Waals surface area contributed by atoms with Crippen molar-refractivity contribution in [3.05, 3.63) is 21.7 Å². The van der Waals surface area contributed by atoms with E-state index in [2.05, 4.69) is 14.9 Å². The third-order valence-electron chi connectivity index (χ3n) is 1.33. The first-order valence-electron chi connectivity index (χ1n) is 3.27. The van der Waals surface area contributed by atoms with E-state index in [1.807, 2.05) is 0 Å².